The summed E-state index contributed by atoms with van der Waals surface area (Å²) in [5.74, 6) is 0.676. The van der Waals surface area contributed by atoms with E-state index >= 15 is 0 Å². The fourth-order valence-electron chi connectivity index (χ4n) is 5.72. The van der Waals surface area contributed by atoms with Crippen LogP contribution in [0.3, 0.4) is 0 Å². The molecule has 0 unspecified atom stereocenters. The highest BCUT2D eigenvalue weighted by atomic mass is 35.5. The first-order chi connectivity index (χ1) is 11.3. The summed E-state index contributed by atoms with van der Waals surface area (Å²) in [7, 11) is 0. The van der Waals surface area contributed by atoms with Gasteiger partial charge in [0.05, 0.1) is 12.0 Å². The van der Waals surface area contributed by atoms with E-state index in [1.807, 2.05) is 29.2 Å². The van der Waals surface area contributed by atoms with E-state index in [4.69, 9.17) is 11.6 Å². The van der Waals surface area contributed by atoms with Gasteiger partial charge in [-0.05, 0) is 48.3 Å². The Morgan fingerprint density at radius 3 is 2.42 bits per heavy atom. The van der Waals surface area contributed by atoms with Crippen molar-refractivity contribution in [2.75, 3.05) is 19.7 Å². The van der Waals surface area contributed by atoms with Gasteiger partial charge in [0.2, 0.25) is 5.91 Å². The number of nitrogens with zero attached hydrogens (tertiary/aromatic N) is 1. The van der Waals surface area contributed by atoms with E-state index in [1.165, 1.54) is 0 Å². The third kappa shape index (κ3) is 2.10. The molecule has 1 heterocycles. The van der Waals surface area contributed by atoms with E-state index in [0.29, 0.717) is 17.5 Å². The molecular formula is C20H26ClNO2. The third-order valence-electron chi connectivity index (χ3n) is 7.01. The average Bonchev–Trinajstić information content (AvgIpc) is 2.83. The van der Waals surface area contributed by atoms with Crippen molar-refractivity contribution in [2.24, 2.45) is 16.7 Å². The fourth-order valence-corrected chi connectivity index (χ4v) is 5.85. The fraction of sp³-hybridized carbons (Fsp3) is 0.650. The minimum atomic E-state index is -0.366. The van der Waals surface area contributed by atoms with Crippen molar-refractivity contribution < 1.29 is 9.90 Å². The molecule has 1 N–H and O–H groups in total. The van der Waals surface area contributed by atoms with Gasteiger partial charge in [0.1, 0.15) is 0 Å². The zero-order valence-corrected chi connectivity index (χ0v) is 15.3. The molecular weight excluding hydrogens is 322 g/mol. The number of hydrogen-bond acceptors (Lipinski definition) is 2. The van der Waals surface area contributed by atoms with Gasteiger partial charge >= 0.3 is 0 Å². The Morgan fingerprint density at radius 2 is 1.96 bits per heavy atom. The summed E-state index contributed by atoms with van der Waals surface area (Å²) in [6.07, 6.45) is 3.95. The first-order valence-electron chi connectivity index (χ1n) is 8.99. The lowest BCUT2D eigenvalue weighted by atomic mass is 9.48. The van der Waals surface area contributed by atoms with Gasteiger partial charge in [-0.1, -0.05) is 44.0 Å². The van der Waals surface area contributed by atoms with Crippen molar-refractivity contribution in [1.29, 1.82) is 0 Å². The van der Waals surface area contributed by atoms with Crippen LogP contribution >= 0.6 is 11.6 Å². The predicted molar refractivity (Wildman–Crippen MR) is 95.0 cm³/mol. The number of carbonyl (C=O) groups is 1. The summed E-state index contributed by atoms with van der Waals surface area (Å²) in [6.45, 7) is 6.22. The second kappa shape index (κ2) is 5.22. The Hall–Kier alpha value is -1.06. The smallest absolute Gasteiger partial charge is 0.233 e. The Kier molecular flexibility index (Phi) is 3.57. The van der Waals surface area contributed by atoms with Crippen LogP contribution in [0.2, 0.25) is 5.02 Å². The third-order valence-corrected chi connectivity index (χ3v) is 7.27. The lowest BCUT2D eigenvalue weighted by Gasteiger charge is -2.55. The normalized spacial score (nSPS) is 32.7. The van der Waals surface area contributed by atoms with E-state index in [0.717, 1.165) is 37.8 Å². The number of halogens is 1. The second-order valence-corrected chi connectivity index (χ2v) is 9.30. The van der Waals surface area contributed by atoms with Gasteiger partial charge in [-0.15, -0.1) is 0 Å². The van der Waals surface area contributed by atoms with Gasteiger partial charge in [0.15, 0.2) is 0 Å². The molecule has 1 amide bonds. The number of hydrogen-bond donors (Lipinski definition) is 1. The van der Waals surface area contributed by atoms with Crippen LogP contribution in [0.1, 0.15) is 45.1 Å². The van der Waals surface area contributed by atoms with Crippen LogP contribution in [0.15, 0.2) is 24.3 Å². The van der Waals surface area contributed by atoms with Crippen molar-refractivity contribution in [3.05, 3.63) is 34.9 Å². The zero-order chi connectivity index (χ0) is 17.2. The van der Waals surface area contributed by atoms with Crippen molar-refractivity contribution in [3.8, 4) is 0 Å². The molecule has 2 saturated carbocycles. The number of likely N-dealkylation sites (tertiary alicyclic amines) is 1. The molecule has 2 atom stereocenters. The van der Waals surface area contributed by atoms with Gasteiger partial charge in [-0.25, -0.2) is 0 Å². The van der Waals surface area contributed by atoms with Crippen LogP contribution in [-0.2, 0) is 10.2 Å². The SMILES string of the molecule is CC1(C)C[C@]2(CO)CN(C(=O)C3(c4ccc(Cl)cc4)CCC3)C[C@H]12. The van der Waals surface area contributed by atoms with Crippen LogP contribution in [-0.4, -0.2) is 35.6 Å². The summed E-state index contributed by atoms with van der Waals surface area (Å²) in [6, 6.07) is 7.79. The Morgan fingerprint density at radius 1 is 1.29 bits per heavy atom. The van der Waals surface area contributed by atoms with E-state index in [9.17, 15) is 9.90 Å². The number of amides is 1. The minimum Gasteiger partial charge on any atom is -0.396 e. The van der Waals surface area contributed by atoms with Crippen molar-refractivity contribution >= 4 is 17.5 Å². The largest absolute Gasteiger partial charge is 0.396 e. The monoisotopic (exact) mass is 347 g/mol. The average molecular weight is 348 g/mol. The lowest BCUT2D eigenvalue weighted by Crippen LogP contribution is -2.54. The van der Waals surface area contributed by atoms with Gasteiger partial charge in [0.25, 0.3) is 0 Å². The molecule has 1 aliphatic heterocycles. The first kappa shape index (κ1) is 16.4. The molecule has 4 heteroatoms. The number of aliphatic hydroxyl groups is 1. The van der Waals surface area contributed by atoms with E-state index in [2.05, 4.69) is 13.8 Å². The van der Waals surface area contributed by atoms with Crippen LogP contribution < -0.4 is 0 Å². The molecule has 3 aliphatic rings. The summed E-state index contributed by atoms with van der Waals surface area (Å²) in [5, 5.41) is 10.7. The number of fused-ring (bicyclic) bond motifs is 1. The minimum absolute atomic E-state index is 0.0654. The molecule has 1 aromatic carbocycles. The van der Waals surface area contributed by atoms with Crippen molar-refractivity contribution in [2.45, 2.75) is 44.9 Å². The molecule has 130 valence electrons. The molecule has 0 spiro atoms. The first-order valence-corrected chi connectivity index (χ1v) is 9.37. The zero-order valence-electron chi connectivity index (χ0n) is 14.5. The van der Waals surface area contributed by atoms with Crippen molar-refractivity contribution in [1.82, 2.24) is 4.90 Å². The van der Waals surface area contributed by atoms with Crippen LogP contribution in [0.5, 0.6) is 0 Å². The summed E-state index contributed by atoms with van der Waals surface area (Å²) >= 11 is 6.02. The van der Waals surface area contributed by atoms with Crippen LogP contribution in [0.25, 0.3) is 0 Å². The molecule has 3 fully saturated rings. The number of aliphatic hydroxyl groups excluding tert-OH is 1. The molecule has 2 aliphatic carbocycles. The Labute approximate surface area is 149 Å². The molecule has 0 bridgehead atoms. The highest BCUT2D eigenvalue weighted by Gasteiger charge is 2.64. The van der Waals surface area contributed by atoms with E-state index in [-0.39, 0.29) is 28.8 Å². The molecule has 1 saturated heterocycles. The standard InChI is InChI=1S/C20H26ClNO2/c1-18(2)11-19(13-23)12-22(10-16(18)19)17(24)20(8-3-9-20)14-4-6-15(21)7-5-14/h4-7,16,23H,3,8-13H2,1-2H3/t16-,19-/m1/s1. The molecule has 3 nitrogen and oxygen atoms in total. The predicted octanol–water partition coefficient (Wildman–Crippen LogP) is 3.63. The van der Waals surface area contributed by atoms with Crippen LogP contribution in [0.4, 0.5) is 0 Å². The topological polar surface area (TPSA) is 40.5 Å². The summed E-state index contributed by atoms with van der Waals surface area (Å²) in [4.78, 5) is 15.5. The van der Waals surface area contributed by atoms with Crippen molar-refractivity contribution in [3.63, 3.8) is 0 Å². The van der Waals surface area contributed by atoms with Gasteiger partial charge in [-0.2, -0.15) is 0 Å². The molecule has 0 radical (unpaired) electrons. The quantitative estimate of drug-likeness (QED) is 0.907. The maximum atomic E-state index is 13.4. The molecule has 0 aromatic heterocycles. The highest BCUT2D eigenvalue weighted by molar-refractivity contribution is 6.30. The highest BCUT2D eigenvalue weighted by Crippen LogP contribution is 2.63. The van der Waals surface area contributed by atoms with Gasteiger partial charge < -0.3 is 10.0 Å². The summed E-state index contributed by atoms with van der Waals surface area (Å²) < 4.78 is 0. The Bertz CT molecular complexity index is 665. The number of carbonyl (C=O) groups excluding carboxylic acids is 1. The maximum absolute atomic E-state index is 13.4. The number of benzene rings is 1. The molecule has 1 aromatic rings. The van der Waals surface area contributed by atoms with E-state index in [1.54, 1.807) is 0 Å². The van der Waals surface area contributed by atoms with Gasteiger partial charge in [-0.3, -0.25) is 4.79 Å². The lowest BCUT2D eigenvalue weighted by molar-refractivity contribution is -0.140. The maximum Gasteiger partial charge on any atom is 0.233 e. The second-order valence-electron chi connectivity index (χ2n) is 8.87. The van der Waals surface area contributed by atoms with Crippen LogP contribution in [0, 0.1) is 16.7 Å². The molecule has 4 rings (SSSR count). The Balaban J connectivity index is 1.60. The number of rotatable bonds is 3. The van der Waals surface area contributed by atoms with E-state index < -0.39 is 0 Å². The molecule has 24 heavy (non-hydrogen) atoms. The van der Waals surface area contributed by atoms with Gasteiger partial charge in [0, 0.05) is 23.5 Å². The summed E-state index contributed by atoms with van der Waals surface area (Å²) in [5.41, 5.74) is 0.893.